The second-order valence-corrected chi connectivity index (χ2v) is 34.8. The van der Waals surface area contributed by atoms with E-state index in [4.69, 9.17) is 83.8 Å². The molecule has 8 rings (SSSR count). The zero-order valence-corrected chi connectivity index (χ0v) is 55.0. The number of fused-ring (bicyclic) bond motifs is 10. The zero-order valence-electron chi connectivity index (χ0n) is 46.1. The molecular weight excluding hydrogens is 1300 g/mol. The Bertz CT molecular complexity index is 1880. The van der Waals surface area contributed by atoms with Crippen LogP contribution in [0.15, 0.2) is 23.3 Å². The van der Waals surface area contributed by atoms with Crippen LogP contribution in [0.5, 0.6) is 0 Å². The SMILES string of the molecule is CC(NC(=O)OCC(Cl)(Cl)Cl)[C@H]1CC[C@H]2[C@@H]3CC=C4C[C@@H]([C@H](I)CCCCCOCCCCC[C@@H](I)[C@H]5CC[C@@]6(C)C(=CC[C@H]7[C@@H]8CC[C@H](C(C)NC(=O)OCC(Cl)(Cl)Cl)[C@@]8(C)CC[C@@H]76)C5)CC[C@]4(C)[C@H]3CC[C@]12C. The number of alkyl carbamates (subject to hydrolysis) is 2. The highest BCUT2D eigenvalue weighted by Crippen LogP contribution is 2.69. The lowest BCUT2D eigenvalue weighted by Gasteiger charge is -2.58. The molecule has 2 unspecified atom stereocenters. The van der Waals surface area contributed by atoms with Crippen molar-refractivity contribution in [1.29, 1.82) is 0 Å². The summed E-state index contributed by atoms with van der Waals surface area (Å²) in [6, 6.07) is 0.0359. The van der Waals surface area contributed by atoms with Crippen molar-refractivity contribution in [2.24, 2.45) is 80.8 Å². The molecule has 0 spiro atoms. The van der Waals surface area contributed by atoms with Crippen molar-refractivity contribution in [1.82, 2.24) is 10.6 Å². The smallest absolute Gasteiger partial charge is 0.407 e. The third kappa shape index (κ3) is 14.4. The van der Waals surface area contributed by atoms with E-state index in [-0.39, 0.29) is 36.1 Å². The Morgan fingerprint density at radius 2 is 0.973 bits per heavy atom. The Hall–Kier alpha value is 1.18. The molecule has 75 heavy (non-hydrogen) atoms. The number of allylic oxidation sites excluding steroid dienone is 4. The number of carbonyl (C=O) groups is 2. The van der Waals surface area contributed by atoms with Gasteiger partial charge >= 0.3 is 12.2 Å². The minimum Gasteiger partial charge on any atom is -0.445 e. The molecule has 0 bridgehead atoms. The summed E-state index contributed by atoms with van der Waals surface area (Å²) in [7, 11) is 0. The first kappa shape index (κ1) is 62.2. The largest absolute Gasteiger partial charge is 0.445 e. The van der Waals surface area contributed by atoms with E-state index >= 15 is 0 Å². The summed E-state index contributed by atoms with van der Waals surface area (Å²) in [5.41, 5.74) is 4.68. The maximum atomic E-state index is 12.6. The lowest BCUT2D eigenvalue weighted by atomic mass is 9.46. The first-order valence-corrected chi connectivity index (χ1v) is 34.4. The monoisotopic (exact) mass is 1380 g/mol. The Labute approximate surface area is 510 Å². The lowest BCUT2D eigenvalue weighted by molar-refractivity contribution is -0.0484. The predicted octanol–water partition coefficient (Wildman–Crippen LogP) is 19.1. The highest BCUT2D eigenvalue weighted by Gasteiger charge is 2.61. The van der Waals surface area contributed by atoms with Crippen LogP contribution in [-0.4, -0.2) is 66.1 Å². The van der Waals surface area contributed by atoms with E-state index in [1.807, 2.05) is 0 Å². The summed E-state index contributed by atoms with van der Waals surface area (Å²) in [4.78, 5) is 25.2. The van der Waals surface area contributed by atoms with Crippen LogP contribution in [0.3, 0.4) is 0 Å². The van der Waals surface area contributed by atoms with Crippen LogP contribution in [0, 0.1) is 80.8 Å². The van der Waals surface area contributed by atoms with Gasteiger partial charge in [0.15, 0.2) is 0 Å². The average molecular weight is 1390 g/mol. The van der Waals surface area contributed by atoms with Crippen LogP contribution in [0.4, 0.5) is 9.59 Å². The summed E-state index contributed by atoms with van der Waals surface area (Å²) in [6.45, 7) is 15.9. The fourth-order valence-corrected chi connectivity index (χ4v) is 21.1. The maximum absolute atomic E-state index is 12.6. The molecule has 0 aliphatic heterocycles. The molecule has 0 radical (unpaired) electrons. The van der Waals surface area contributed by atoms with Gasteiger partial charge in [-0.25, -0.2) is 9.59 Å². The molecule has 0 aromatic rings. The Balaban J connectivity index is 0.677. The van der Waals surface area contributed by atoms with E-state index in [2.05, 4.69) is 110 Å². The minimum absolute atomic E-state index is 0.0180. The van der Waals surface area contributed by atoms with Gasteiger partial charge in [-0.2, -0.15) is 0 Å². The summed E-state index contributed by atoms with van der Waals surface area (Å²) in [5, 5.41) is 6.19. The normalized spacial score (nSPS) is 38.9. The van der Waals surface area contributed by atoms with Crippen LogP contribution >= 0.6 is 115 Å². The number of unbranched alkanes of at least 4 members (excludes halogenated alkanes) is 4. The maximum Gasteiger partial charge on any atom is 0.407 e. The zero-order chi connectivity index (χ0) is 54.1. The Kier molecular flexibility index (Phi) is 21.6. The predicted molar refractivity (Wildman–Crippen MR) is 329 cm³/mol. The molecule has 8 aliphatic rings. The molecule has 15 heteroatoms. The van der Waals surface area contributed by atoms with Gasteiger partial charge in [-0.1, -0.05) is 191 Å². The molecule has 18 atom stereocenters. The molecule has 0 aromatic heterocycles. The molecule has 2 amide bonds. The van der Waals surface area contributed by atoms with Gasteiger partial charge in [-0.05, 0) is 223 Å². The molecule has 8 aliphatic carbocycles. The Morgan fingerprint density at radius 3 is 1.36 bits per heavy atom. The van der Waals surface area contributed by atoms with Gasteiger partial charge < -0.3 is 24.8 Å². The number of rotatable bonds is 20. The van der Waals surface area contributed by atoms with E-state index in [1.54, 1.807) is 11.1 Å². The van der Waals surface area contributed by atoms with Gasteiger partial charge in [0.05, 0.1) is 0 Å². The van der Waals surface area contributed by atoms with Crippen molar-refractivity contribution >= 4 is 127 Å². The van der Waals surface area contributed by atoms with Gasteiger partial charge in [0, 0.05) is 33.1 Å². The fraction of sp³-hybridized carbons (Fsp3) is 0.900. The molecule has 0 aromatic carbocycles. The number of carbonyl (C=O) groups excluding carboxylic acids is 2. The number of hydrogen-bond acceptors (Lipinski definition) is 5. The van der Waals surface area contributed by atoms with E-state index < -0.39 is 19.8 Å². The highest BCUT2D eigenvalue weighted by molar-refractivity contribution is 14.1. The van der Waals surface area contributed by atoms with Crippen molar-refractivity contribution < 1.29 is 23.8 Å². The van der Waals surface area contributed by atoms with Crippen LogP contribution < -0.4 is 10.6 Å². The molecule has 428 valence electrons. The summed E-state index contributed by atoms with van der Waals surface area (Å²) in [6.07, 6.45) is 34.9. The van der Waals surface area contributed by atoms with E-state index in [0.29, 0.717) is 34.5 Å². The number of hydrogen-bond donors (Lipinski definition) is 2. The van der Waals surface area contributed by atoms with Crippen molar-refractivity contribution in [3.63, 3.8) is 0 Å². The van der Waals surface area contributed by atoms with Gasteiger partial charge in [-0.15, -0.1) is 0 Å². The first-order valence-electron chi connectivity index (χ1n) is 29.6. The van der Waals surface area contributed by atoms with Crippen molar-refractivity contribution in [3.8, 4) is 0 Å². The average Bonchev–Trinajstić information content (AvgIpc) is 3.90. The fourth-order valence-electron chi connectivity index (χ4n) is 18.7. The quantitative estimate of drug-likeness (QED) is 0.0549. The first-order chi connectivity index (χ1) is 35.4. The van der Waals surface area contributed by atoms with Crippen LogP contribution in [-0.2, 0) is 14.2 Å². The molecule has 0 saturated heterocycles. The van der Waals surface area contributed by atoms with E-state index in [0.717, 1.165) is 69.4 Å². The molecule has 0 heterocycles. The van der Waals surface area contributed by atoms with Crippen molar-refractivity contribution in [2.45, 2.75) is 223 Å². The minimum atomic E-state index is -1.61. The summed E-state index contributed by atoms with van der Waals surface area (Å²) < 4.78 is 14.9. The second-order valence-electron chi connectivity index (χ2n) is 26.6. The third-order valence-corrected chi connectivity index (χ3v) is 26.6. The summed E-state index contributed by atoms with van der Waals surface area (Å²) >= 11 is 40.6. The summed E-state index contributed by atoms with van der Waals surface area (Å²) in [5.74, 6) is 6.87. The lowest BCUT2D eigenvalue weighted by Crippen LogP contribution is -2.52. The number of nitrogens with one attached hydrogen (secondary N) is 2. The molecule has 2 N–H and O–H groups in total. The standard InChI is InChI=1S/C60H92Cl6I2N2O5/c1-37(69-53(71)74-35-59(61,62)63)45-19-21-47-43-17-15-41-33-39(23-27-55(41,3)49(43)25-29-57(45,47)5)51(67)13-9-7-11-31-73-32-12-8-10-14-52(68)40-24-28-56(4)42(34-40)16-18-44-48-22-20-46(58(48,6)30-26-50(44)56)38(2)70-54(72)75-36-60(64,65)66/h15-16,37-40,43-52H,7-14,17-36H2,1-6H3,(H,69,71)(H,70,72)/t37?,38?,39-,40-,43-,44-,45+,46+,47-,48-,49-,50-,51+,52+,55-,56-,57+,58+/m0/s1. The van der Waals surface area contributed by atoms with Crippen LogP contribution in [0.2, 0.25) is 0 Å². The van der Waals surface area contributed by atoms with Crippen molar-refractivity contribution in [3.05, 3.63) is 23.3 Å². The van der Waals surface area contributed by atoms with Gasteiger partial charge in [-0.3, -0.25) is 0 Å². The van der Waals surface area contributed by atoms with Crippen LogP contribution in [0.25, 0.3) is 0 Å². The number of halogens is 8. The van der Waals surface area contributed by atoms with Gasteiger partial charge in [0.2, 0.25) is 7.59 Å². The third-order valence-electron chi connectivity index (χ3n) is 22.6. The number of amides is 2. The van der Waals surface area contributed by atoms with Gasteiger partial charge in [0.25, 0.3) is 0 Å². The molecular formula is C60H92Cl6I2N2O5. The van der Waals surface area contributed by atoms with E-state index in [9.17, 15) is 9.59 Å². The Morgan fingerprint density at radius 1 is 0.573 bits per heavy atom. The second kappa shape index (κ2) is 26.0. The highest BCUT2D eigenvalue weighted by atomic mass is 127. The molecule has 7 nitrogen and oxygen atoms in total. The van der Waals surface area contributed by atoms with Crippen molar-refractivity contribution in [2.75, 3.05) is 26.4 Å². The van der Waals surface area contributed by atoms with Crippen LogP contribution in [0.1, 0.15) is 196 Å². The van der Waals surface area contributed by atoms with Gasteiger partial charge in [0.1, 0.15) is 13.2 Å². The topological polar surface area (TPSA) is 85.9 Å². The number of alkyl halides is 8. The molecule has 6 saturated carbocycles. The van der Waals surface area contributed by atoms with E-state index in [1.165, 1.54) is 141 Å². The number of ether oxygens (including phenoxy) is 3. The molecule has 6 fully saturated rings.